The van der Waals surface area contributed by atoms with Crippen LogP contribution in [0.3, 0.4) is 0 Å². The number of fused-ring (bicyclic) bond motifs is 9. The predicted molar refractivity (Wildman–Crippen MR) is 207 cm³/mol. The molecular weight excluding hydrogens is 647 g/mol. The van der Waals surface area contributed by atoms with Gasteiger partial charge in [-0.05, 0) is 42.0 Å². The Bertz CT molecular complexity index is 2920. The molecule has 0 amide bonds. The summed E-state index contributed by atoms with van der Waals surface area (Å²) >= 11 is 1.79. The molecule has 2 atom stereocenters. The fraction of sp³-hybridized carbons (Fsp3) is 0.0444. The van der Waals surface area contributed by atoms with Crippen LogP contribution in [0.4, 0.5) is 0 Å². The highest BCUT2D eigenvalue weighted by Gasteiger charge is 2.40. The van der Waals surface area contributed by atoms with Gasteiger partial charge in [-0.1, -0.05) is 115 Å². The smallest absolute Gasteiger partial charge is 0.164 e. The predicted octanol–water partition coefficient (Wildman–Crippen LogP) is 11.5. The highest BCUT2D eigenvalue weighted by Crippen LogP contribution is 2.50. The number of nitrogens with zero attached hydrogens (tertiary/aromatic N) is 3. The number of benzene rings is 6. The molecule has 0 fully saturated rings. The molecule has 1 aliphatic heterocycles. The highest BCUT2D eigenvalue weighted by molar-refractivity contribution is 7.25. The quantitative estimate of drug-likeness (QED) is 0.186. The van der Waals surface area contributed by atoms with Gasteiger partial charge in [0.05, 0.1) is 5.92 Å². The van der Waals surface area contributed by atoms with Crippen LogP contribution in [0, 0.1) is 0 Å². The summed E-state index contributed by atoms with van der Waals surface area (Å²) in [4.78, 5) is 15.6. The molecule has 6 aromatic carbocycles. The third-order valence-corrected chi connectivity index (χ3v) is 11.2. The lowest BCUT2D eigenvalue weighted by molar-refractivity contribution is 0.272. The van der Waals surface area contributed by atoms with Crippen LogP contribution >= 0.6 is 11.3 Å². The van der Waals surface area contributed by atoms with Crippen LogP contribution in [-0.2, 0) is 0 Å². The second kappa shape index (κ2) is 11.1. The zero-order chi connectivity index (χ0) is 33.5. The molecule has 9 aromatic rings. The second-order valence-electron chi connectivity index (χ2n) is 13.1. The van der Waals surface area contributed by atoms with E-state index in [4.69, 9.17) is 24.1 Å². The first-order valence-electron chi connectivity index (χ1n) is 17.1. The molecule has 240 valence electrons. The Morgan fingerprint density at radius 1 is 0.549 bits per heavy atom. The molecule has 4 heterocycles. The Labute approximate surface area is 296 Å². The average molecular weight is 674 g/mol. The summed E-state index contributed by atoms with van der Waals surface area (Å²) in [6, 6.07) is 48.1. The molecule has 2 unspecified atom stereocenters. The largest absolute Gasteiger partial charge is 0.485 e. The summed E-state index contributed by atoms with van der Waals surface area (Å²) < 4.78 is 15.7. The number of allylic oxidation sites excluding steroid dienone is 2. The van der Waals surface area contributed by atoms with Crippen LogP contribution in [0.5, 0.6) is 5.75 Å². The standard InChI is InChI=1S/C45H27N3O2S/c1-2-11-26(12-3-1)43-46-44(27-21-22-32-31-14-6-9-20-39(31)51-40(32)25-27)48-45(47-43)35-23-28(24-38-41(35)34-15-5-8-19-37(34)49-38)29-16-10-17-33-30-13-4-7-18-36(30)50-42(29)33/h1-25,38,41H. The van der Waals surface area contributed by atoms with Crippen molar-refractivity contribution < 1.29 is 9.15 Å². The van der Waals surface area contributed by atoms with Crippen molar-refractivity contribution in [3.8, 4) is 28.5 Å². The van der Waals surface area contributed by atoms with E-state index in [1.165, 1.54) is 20.2 Å². The Morgan fingerprint density at radius 3 is 2.20 bits per heavy atom. The van der Waals surface area contributed by atoms with Crippen molar-refractivity contribution in [1.82, 2.24) is 15.0 Å². The van der Waals surface area contributed by atoms with Crippen molar-refractivity contribution in [3.63, 3.8) is 0 Å². The fourth-order valence-corrected chi connectivity index (χ4v) is 8.90. The van der Waals surface area contributed by atoms with Crippen LogP contribution in [0.15, 0.2) is 156 Å². The summed E-state index contributed by atoms with van der Waals surface area (Å²) in [7, 11) is 0. The number of para-hydroxylation sites is 3. The molecule has 51 heavy (non-hydrogen) atoms. The van der Waals surface area contributed by atoms with E-state index in [-0.39, 0.29) is 12.0 Å². The maximum Gasteiger partial charge on any atom is 0.164 e. The van der Waals surface area contributed by atoms with Gasteiger partial charge in [0.2, 0.25) is 0 Å². The second-order valence-corrected chi connectivity index (χ2v) is 14.2. The maximum absolute atomic E-state index is 6.67. The molecule has 0 N–H and O–H groups in total. The van der Waals surface area contributed by atoms with Gasteiger partial charge in [-0.15, -0.1) is 11.3 Å². The lowest BCUT2D eigenvalue weighted by atomic mass is 9.80. The summed E-state index contributed by atoms with van der Waals surface area (Å²) in [5.41, 5.74) is 7.74. The molecule has 2 aliphatic rings. The molecule has 6 heteroatoms. The van der Waals surface area contributed by atoms with Crippen LogP contribution in [0.1, 0.15) is 22.9 Å². The number of thiophene rings is 1. The van der Waals surface area contributed by atoms with E-state index in [1.54, 1.807) is 11.3 Å². The molecule has 3 aromatic heterocycles. The summed E-state index contributed by atoms with van der Waals surface area (Å²) in [5.74, 6) is 2.69. The zero-order valence-electron chi connectivity index (χ0n) is 27.2. The van der Waals surface area contributed by atoms with E-state index in [1.807, 2.05) is 42.5 Å². The van der Waals surface area contributed by atoms with Crippen LogP contribution in [0.2, 0.25) is 0 Å². The first-order chi connectivity index (χ1) is 25.2. The monoisotopic (exact) mass is 673 g/mol. The van der Waals surface area contributed by atoms with E-state index in [2.05, 4.69) is 109 Å². The Hall–Kier alpha value is -6.37. The topological polar surface area (TPSA) is 61.0 Å². The molecule has 0 spiro atoms. The number of hydrogen-bond donors (Lipinski definition) is 0. The van der Waals surface area contributed by atoms with Crippen molar-refractivity contribution in [2.75, 3.05) is 0 Å². The minimum Gasteiger partial charge on any atom is -0.485 e. The molecule has 0 radical (unpaired) electrons. The minimum absolute atomic E-state index is 0.0937. The summed E-state index contributed by atoms with van der Waals surface area (Å²) in [6.45, 7) is 0. The third-order valence-electron chi connectivity index (χ3n) is 10.1. The van der Waals surface area contributed by atoms with E-state index in [9.17, 15) is 0 Å². The normalized spacial score (nSPS) is 16.6. The Morgan fingerprint density at radius 2 is 1.27 bits per heavy atom. The van der Waals surface area contributed by atoms with Gasteiger partial charge in [-0.3, -0.25) is 0 Å². The van der Waals surface area contributed by atoms with E-state index >= 15 is 0 Å². The molecule has 0 bridgehead atoms. The number of furan rings is 1. The summed E-state index contributed by atoms with van der Waals surface area (Å²) in [6.07, 6.45) is 4.22. The van der Waals surface area contributed by atoms with Gasteiger partial charge in [-0.25, -0.2) is 15.0 Å². The Kier molecular flexibility index (Phi) is 6.18. The van der Waals surface area contributed by atoms with Gasteiger partial charge in [0.25, 0.3) is 0 Å². The molecule has 11 rings (SSSR count). The van der Waals surface area contributed by atoms with Crippen molar-refractivity contribution >= 4 is 64.6 Å². The fourth-order valence-electron chi connectivity index (χ4n) is 7.75. The van der Waals surface area contributed by atoms with E-state index < -0.39 is 0 Å². The van der Waals surface area contributed by atoms with Crippen molar-refractivity contribution in [2.24, 2.45) is 0 Å². The van der Waals surface area contributed by atoms with Crippen LogP contribution in [0.25, 0.3) is 76.0 Å². The van der Waals surface area contributed by atoms with Gasteiger partial charge >= 0.3 is 0 Å². The molecule has 0 saturated carbocycles. The minimum atomic E-state index is -0.243. The lowest BCUT2D eigenvalue weighted by Crippen LogP contribution is -2.22. The zero-order valence-corrected chi connectivity index (χ0v) is 28.0. The highest BCUT2D eigenvalue weighted by atomic mass is 32.1. The van der Waals surface area contributed by atoms with E-state index in [0.717, 1.165) is 61.1 Å². The number of ether oxygens (including phenoxy) is 1. The van der Waals surface area contributed by atoms with Crippen molar-refractivity contribution in [3.05, 3.63) is 169 Å². The van der Waals surface area contributed by atoms with Gasteiger partial charge in [0, 0.05) is 58.8 Å². The summed E-state index contributed by atoms with van der Waals surface area (Å²) in [5, 5.41) is 4.69. The van der Waals surface area contributed by atoms with Gasteiger partial charge in [-0.2, -0.15) is 0 Å². The van der Waals surface area contributed by atoms with Crippen molar-refractivity contribution in [1.29, 1.82) is 0 Å². The number of aromatic nitrogens is 3. The molecule has 0 saturated heterocycles. The van der Waals surface area contributed by atoms with E-state index in [0.29, 0.717) is 17.5 Å². The van der Waals surface area contributed by atoms with Crippen molar-refractivity contribution in [2.45, 2.75) is 12.0 Å². The van der Waals surface area contributed by atoms with Gasteiger partial charge in [0.15, 0.2) is 17.5 Å². The van der Waals surface area contributed by atoms with Crippen LogP contribution < -0.4 is 4.74 Å². The lowest BCUT2D eigenvalue weighted by Gasteiger charge is -2.25. The van der Waals surface area contributed by atoms with Crippen LogP contribution in [-0.4, -0.2) is 21.1 Å². The molecule has 5 nitrogen and oxygen atoms in total. The van der Waals surface area contributed by atoms with Gasteiger partial charge < -0.3 is 9.15 Å². The average Bonchev–Trinajstić information content (AvgIpc) is 3.88. The SMILES string of the molecule is C1=C(c2cccc3c2oc2ccccc23)C=C(c2nc(-c3ccccc3)nc(-c3ccc4c(c3)sc3ccccc34)n2)C2c3ccccc3OC12. The molecule has 1 aliphatic carbocycles. The van der Waals surface area contributed by atoms with Gasteiger partial charge in [0.1, 0.15) is 23.0 Å². The Balaban J connectivity index is 1.14. The number of hydrogen-bond acceptors (Lipinski definition) is 6. The first kappa shape index (κ1) is 28.5. The number of rotatable bonds is 4. The maximum atomic E-state index is 6.67. The first-order valence-corrected chi connectivity index (χ1v) is 17.9. The molecular formula is C45H27N3O2S. The third kappa shape index (κ3) is 4.50.